The molecule has 0 spiro atoms. The molecule has 0 bridgehead atoms. The fourth-order valence-electron chi connectivity index (χ4n) is 2.37. The van der Waals surface area contributed by atoms with Gasteiger partial charge in [-0.25, -0.2) is 0 Å². The standard InChI is InChI=1S/C23H25P.C2H6/c1-6-7-8-9-18(3)21-11-13-22(14-12-21)20(5)24-23-15-10-17(2)19(4)16-23;1-2/h6-16,24H,1,5H2,2-4H3;1-2H3/b8-7-,18-9+;. The highest BCUT2D eigenvalue weighted by Crippen LogP contribution is 2.32. The van der Waals surface area contributed by atoms with Gasteiger partial charge in [0.2, 0.25) is 0 Å². The Morgan fingerprint density at radius 3 is 2.08 bits per heavy atom. The summed E-state index contributed by atoms with van der Waals surface area (Å²) in [7, 11) is 0.609. The Hall–Kier alpha value is -2.17. The van der Waals surface area contributed by atoms with E-state index in [4.69, 9.17) is 0 Å². The van der Waals surface area contributed by atoms with Crippen LogP contribution in [0.4, 0.5) is 0 Å². The third kappa shape index (κ3) is 6.62. The number of aryl methyl sites for hydroxylation is 2. The fourth-order valence-corrected chi connectivity index (χ4v) is 3.49. The monoisotopic (exact) mass is 362 g/mol. The molecule has 26 heavy (non-hydrogen) atoms. The predicted molar refractivity (Wildman–Crippen MR) is 124 cm³/mol. The molecule has 2 rings (SSSR count). The summed E-state index contributed by atoms with van der Waals surface area (Å²) in [6, 6.07) is 15.3. The highest BCUT2D eigenvalue weighted by molar-refractivity contribution is 7.58. The summed E-state index contributed by atoms with van der Waals surface area (Å²) in [6.45, 7) is 18.4. The van der Waals surface area contributed by atoms with Crippen LogP contribution >= 0.6 is 8.58 Å². The number of benzene rings is 2. The molecule has 2 aromatic rings. The quantitative estimate of drug-likeness (QED) is 0.370. The molecule has 0 aliphatic rings. The molecule has 0 aromatic heterocycles. The molecule has 0 radical (unpaired) electrons. The van der Waals surface area contributed by atoms with Gasteiger partial charge in [-0.3, -0.25) is 0 Å². The molecule has 0 aliphatic heterocycles. The third-order valence-corrected chi connectivity index (χ3v) is 5.27. The van der Waals surface area contributed by atoms with Gasteiger partial charge in [-0.2, -0.15) is 0 Å². The van der Waals surface area contributed by atoms with Crippen LogP contribution in [0.25, 0.3) is 10.9 Å². The molecule has 1 unspecified atom stereocenters. The van der Waals surface area contributed by atoms with Crippen LogP contribution in [0.1, 0.15) is 43.0 Å². The Morgan fingerprint density at radius 2 is 1.50 bits per heavy atom. The van der Waals surface area contributed by atoms with Crippen LogP contribution < -0.4 is 5.30 Å². The van der Waals surface area contributed by atoms with Gasteiger partial charge in [0.25, 0.3) is 0 Å². The summed E-state index contributed by atoms with van der Waals surface area (Å²) in [4.78, 5) is 0. The summed E-state index contributed by atoms with van der Waals surface area (Å²) >= 11 is 0. The van der Waals surface area contributed by atoms with Crippen LogP contribution in [-0.2, 0) is 0 Å². The SMILES string of the molecule is C=C/C=C\C=C(/C)c1ccc(C(=C)Pc2ccc(C)c(C)c2)cc1.CC. The molecule has 0 nitrogen and oxygen atoms in total. The van der Waals surface area contributed by atoms with Gasteiger partial charge in [-0.1, -0.05) is 102 Å². The zero-order valence-corrected chi connectivity index (χ0v) is 17.8. The average Bonchev–Trinajstić information content (AvgIpc) is 2.66. The maximum Gasteiger partial charge on any atom is -0.0184 e. The van der Waals surface area contributed by atoms with Crippen molar-refractivity contribution in [3.8, 4) is 0 Å². The summed E-state index contributed by atoms with van der Waals surface area (Å²) < 4.78 is 0. The molecule has 0 aliphatic carbocycles. The van der Waals surface area contributed by atoms with Gasteiger partial charge in [0.05, 0.1) is 0 Å². The van der Waals surface area contributed by atoms with Crippen LogP contribution in [0.5, 0.6) is 0 Å². The highest BCUT2D eigenvalue weighted by Gasteiger charge is 2.03. The average molecular weight is 362 g/mol. The maximum absolute atomic E-state index is 4.28. The molecule has 0 saturated carbocycles. The smallest absolute Gasteiger partial charge is 0.0184 e. The van der Waals surface area contributed by atoms with Crippen LogP contribution in [-0.4, -0.2) is 0 Å². The Balaban J connectivity index is 0.00000163. The van der Waals surface area contributed by atoms with Crippen LogP contribution in [0, 0.1) is 13.8 Å². The van der Waals surface area contributed by atoms with Crippen molar-refractivity contribution < 1.29 is 0 Å². The Kier molecular flexibility index (Phi) is 9.63. The molecule has 0 N–H and O–H groups in total. The first-order valence-corrected chi connectivity index (χ1v) is 10.1. The molecule has 1 atom stereocenters. The number of rotatable bonds is 6. The first kappa shape index (κ1) is 21.9. The first-order chi connectivity index (χ1) is 12.5. The molecule has 0 heterocycles. The van der Waals surface area contributed by atoms with E-state index >= 15 is 0 Å². The fraction of sp³-hybridized carbons (Fsp3) is 0.200. The van der Waals surface area contributed by atoms with E-state index in [0.29, 0.717) is 8.58 Å². The largest absolute Gasteiger partial charge is 0.0991 e. The minimum Gasteiger partial charge on any atom is -0.0991 e. The van der Waals surface area contributed by atoms with Crippen LogP contribution in [0.3, 0.4) is 0 Å². The first-order valence-electron chi connectivity index (χ1n) is 9.11. The van der Waals surface area contributed by atoms with Crippen molar-refractivity contribution in [1.29, 1.82) is 0 Å². The molecule has 1 heteroatoms. The van der Waals surface area contributed by atoms with Gasteiger partial charge in [0.1, 0.15) is 0 Å². The molecule has 0 amide bonds. The van der Waals surface area contributed by atoms with E-state index in [-0.39, 0.29) is 0 Å². The number of allylic oxidation sites excluding steroid dienone is 5. The van der Waals surface area contributed by atoms with Crippen molar-refractivity contribution in [3.05, 3.63) is 102 Å². The van der Waals surface area contributed by atoms with Crippen molar-refractivity contribution in [3.63, 3.8) is 0 Å². The Labute approximate surface area is 161 Å². The van der Waals surface area contributed by atoms with Crippen molar-refractivity contribution >= 4 is 24.8 Å². The van der Waals surface area contributed by atoms with Crippen molar-refractivity contribution in [2.45, 2.75) is 34.6 Å². The van der Waals surface area contributed by atoms with E-state index in [1.54, 1.807) is 6.08 Å². The minimum atomic E-state index is 0.609. The zero-order chi connectivity index (χ0) is 19.5. The molecular weight excluding hydrogens is 331 g/mol. The van der Waals surface area contributed by atoms with Gasteiger partial charge >= 0.3 is 0 Å². The van der Waals surface area contributed by atoms with Crippen molar-refractivity contribution in [1.82, 2.24) is 0 Å². The van der Waals surface area contributed by atoms with Gasteiger partial charge in [0.15, 0.2) is 0 Å². The van der Waals surface area contributed by atoms with Crippen molar-refractivity contribution in [2.24, 2.45) is 0 Å². The summed E-state index contributed by atoms with van der Waals surface area (Å²) in [6.07, 6.45) is 7.83. The van der Waals surface area contributed by atoms with Crippen LogP contribution in [0.15, 0.2) is 79.9 Å². The van der Waals surface area contributed by atoms with E-state index in [2.05, 4.69) is 82.5 Å². The Bertz CT molecular complexity index is 789. The van der Waals surface area contributed by atoms with E-state index < -0.39 is 0 Å². The van der Waals surface area contributed by atoms with E-state index in [9.17, 15) is 0 Å². The van der Waals surface area contributed by atoms with Crippen LogP contribution in [0.2, 0.25) is 0 Å². The second-order valence-corrected chi connectivity index (χ2v) is 7.38. The van der Waals surface area contributed by atoms with Gasteiger partial charge in [-0.15, -0.1) is 0 Å². The molecule has 0 fully saturated rings. The molecule has 0 saturated heterocycles. The zero-order valence-electron chi connectivity index (χ0n) is 16.8. The van der Waals surface area contributed by atoms with Gasteiger partial charge in [-0.05, 0) is 59.2 Å². The second kappa shape index (κ2) is 11.4. The molecule has 136 valence electrons. The predicted octanol–water partition coefficient (Wildman–Crippen LogP) is 7.45. The Morgan fingerprint density at radius 1 is 0.885 bits per heavy atom. The topological polar surface area (TPSA) is 0 Å². The second-order valence-electron chi connectivity index (χ2n) is 5.95. The minimum absolute atomic E-state index is 0.609. The number of hydrogen-bond acceptors (Lipinski definition) is 0. The molecule has 2 aromatic carbocycles. The highest BCUT2D eigenvalue weighted by atomic mass is 31.1. The van der Waals surface area contributed by atoms with E-state index in [1.165, 1.54) is 38.4 Å². The lowest BCUT2D eigenvalue weighted by molar-refractivity contribution is 1.35. The molecular formula is C25H31P. The summed E-state index contributed by atoms with van der Waals surface area (Å²) in [5.41, 5.74) is 6.36. The number of hydrogen-bond donors (Lipinski definition) is 0. The summed E-state index contributed by atoms with van der Waals surface area (Å²) in [5.74, 6) is 0. The summed E-state index contributed by atoms with van der Waals surface area (Å²) in [5, 5.41) is 2.52. The maximum atomic E-state index is 4.28. The van der Waals surface area contributed by atoms with Crippen molar-refractivity contribution in [2.75, 3.05) is 0 Å². The van der Waals surface area contributed by atoms with Gasteiger partial charge < -0.3 is 0 Å². The normalized spacial score (nSPS) is 11.5. The lowest BCUT2D eigenvalue weighted by atomic mass is 10.0. The van der Waals surface area contributed by atoms with E-state index in [0.717, 1.165) is 0 Å². The lowest BCUT2D eigenvalue weighted by Gasteiger charge is -2.10. The third-order valence-electron chi connectivity index (χ3n) is 4.08. The van der Waals surface area contributed by atoms with E-state index in [1.807, 2.05) is 26.0 Å². The van der Waals surface area contributed by atoms with Gasteiger partial charge in [0, 0.05) is 0 Å². The lowest BCUT2D eigenvalue weighted by Crippen LogP contribution is -1.96.